The van der Waals surface area contributed by atoms with Crippen molar-refractivity contribution in [1.82, 2.24) is 0 Å². The summed E-state index contributed by atoms with van der Waals surface area (Å²) in [4.78, 5) is 12.3. The minimum Gasteiger partial charge on any atom is -0.494 e. The maximum atomic E-state index is 12.3. The van der Waals surface area contributed by atoms with Gasteiger partial charge >= 0.3 is 5.97 Å². The van der Waals surface area contributed by atoms with Crippen molar-refractivity contribution < 1.29 is 14.3 Å². The lowest BCUT2D eigenvalue weighted by Crippen LogP contribution is -2.11. The second kappa shape index (κ2) is 16.9. The lowest BCUT2D eigenvalue weighted by Gasteiger charge is -2.09. The summed E-state index contributed by atoms with van der Waals surface area (Å²) >= 11 is 0. The Bertz CT molecular complexity index is 821. The molecule has 0 amide bonds. The van der Waals surface area contributed by atoms with Crippen LogP contribution in [0.25, 0.3) is 0 Å². The first-order chi connectivity index (χ1) is 16.6. The third-order valence-electron chi connectivity index (χ3n) is 6.10. The Labute approximate surface area is 206 Å². The number of carbonyl (C=O) groups is 1. The molecule has 0 unspecified atom stereocenters. The molecule has 0 fully saturated rings. The summed E-state index contributed by atoms with van der Waals surface area (Å²) in [6.07, 6.45) is 18.8. The van der Waals surface area contributed by atoms with Crippen LogP contribution in [0, 0.1) is 0 Å². The zero-order valence-electron chi connectivity index (χ0n) is 21.0. The molecule has 0 aliphatic heterocycles. The van der Waals surface area contributed by atoms with E-state index in [0.29, 0.717) is 29.3 Å². The summed E-state index contributed by atoms with van der Waals surface area (Å²) in [7, 11) is 0. The highest BCUT2D eigenvalue weighted by Crippen LogP contribution is 2.22. The average molecular weight is 469 g/mol. The minimum absolute atomic E-state index is 0.298. The fraction of sp³-hybridized carbons (Fsp3) is 0.552. The number of unbranched alkanes of at least 4 members (excludes halogenated alkanes) is 13. The van der Waals surface area contributed by atoms with Gasteiger partial charge in [-0.3, -0.25) is 0 Å². The van der Waals surface area contributed by atoms with E-state index in [0.717, 1.165) is 12.2 Å². The predicted octanol–water partition coefficient (Wildman–Crippen LogP) is 7.93. The largest absolute Gasteiger partial charge is 0.494 e. The van der Waals surface area contributed by atoms with Crippen molar-refractivity contribution >= 4 is 17.3 Å². The van der Waals surface area contributed by atoms with Crippen LogP contribution in [0.5, 0.6) is 11.5 Å². The van der Waals surface area contributed by atoms with E-state index in [4.69, 9.17) is 20.9 Å². The number of ether oxygens (including phenoxy) is 2. The number of rotatable bonds is 18. The van der Waals surface area contributed by atoms with Crippen LogP contribution >= 0.6 is 0 Å². The third-order valence-corrected chi connectivity index (χ3v) is 6.10. The first kappa shape index (κ1) is 27.6. The van der Waals surface area contributed by atoms with E-state index in [2.05, 4.69) is 6.92 Å². The Morgan fingerprint density at radius 1 is 0.676 bits per heavy atom. The number of benzene rings is 2. The van der Waals surface area contributed by atoms with E-state index < -0.39 is 5.97 Å². The standard InChI is InChI=1S/C29H44N2O3/c1-2-3-4-5-6-7-8-9-10-11-12-13-14-15-22-33-25-17-19-26(20-18-25)34-29(32)27-21-16-24(30)23-28(27)31/h16-21,23H,2-15,22,30-31H2,1H3. The Morgan fingerprint density at radius 2 is 1.18 bits per heavy atom. The molecule has 0 heterocycles. The summed E-state index contributed by atoms with van der Waals surface area (Å²) < 4.78 is 11.2. The number of esters is 1. The van der Waals surface area contributed by atoms with Crippen molar-refractivity contribution in [3.05, 3.63) is 48.0 Å². The SMILES string of the molecule is CCCCCCCCCCCCCCCCOc1ccc(OC(=O)c2ccc(N)cc2N)cc1. The van der Waals surface area contributed by atoms with Crippen molar-refractivity contribution in [2.45, 2.75) is 96.8 Å². The van der Waals surface area contributed by atoms with E-state index >= 15 is 0 Å². The highest BCUT2D eigenvalue weighted by molar-refractivity contribution is 5.97. The van der Waals surface area contributed by atoms with Gasteiger partial charge in [-0.15, -0.1) is 0 Å². The molecule has 0 aliphatic carbocycles. The quantitative estimate of drug-likeness (QED) is 0.100. The molecular weight excluding hydrogens is 424 g/mol. The zero-order valence-corrected chi connectivity index (χ0v) is 21.0. The molecule has 34 heavy (non-hydrogen) atoms. The van der Waals surface area contributed by atoms with Crippen LogP contribution in [-0.2, 0) is 0 Å². The summed E-state index contributed by atoms with van der Waals surface area (Å²) in [5.74, 6) is 0.722. The molecule has 5 heteroatoms. The lowest BCUT2D eigenvalue weighted by molar-refractivity contribution is 0.0735. The van der Waals surface area contributed by atoms with Gasteiger partial charge in [-0.05, 0) is 48.9 Å². The monoisotopic (exact) mass is 468 g/mol. The number of nitrogens with two attached hydrogens (primary N) is 2. The Hall–Kier alpha value is -2.69. The zero-order chi connectivity index (χ0) is 24.4. The molecule has 0 saturated carbocycles. The number of anilines is 2. The maximum absolute atomic E-state index is 12.3. The van der Waals surface area contributed by atoms with Gasteiger partial charge in [0.15, 0.2) is 0 Å². The summed E-state index contributed by atoms with van der Waals surface area (Å²) in [5, 5.41) is 0. The first-order valence-corrected chi connectivity index (χ1v) is 13.2. The number of nitrogen functional groups attached to an aromatic ring is 2. The van der Waals surface area contributed by atoms with E-state index in [1.54, 1.807) is 30.3 Å². The van der Waals surface area contributed by atoms with Gasteiger partial charge in [0.2, 0.25) is 0 Å². The summed E-state index contributed by atoms with van der Waals surface area (Å²) in [5.41, 5.74) is 12.6. The van der Waals surface area contributed by atoms with Gasteiger partial charge in [-0.25, -0.2) is 4.79 Å². The average Bonchev–Trinajstić information content (AvgIpc) is 2.82. The molecule has 2 rings (SSSR count). The van der Waals surface area contributed by atoms with E-state index in [-0.39, 0.29) is 0 Å². The van der Waals surface area contributed by atoms with Gasteiger partial charge in [-0.1, -0.05) is 90.4 Å². The molecule has 0 spiro atoms. The molecular formula is C29H44N2O3. The minimum atomic E-state index is -0.506. The number of carbonyl (C=O) groups excluding carboxylic acids is 1. The number of hydrogen-bond acceptors (Lipinski definition) is 5. The summed E-state index contributed by atoms with van der Waals surface area (Å²) in [6.45, 7) is 2.98. The van der Waals surface area contributed by atoms with Crippen LogP contribution in [-0.4, -0.2) is 12.6 Å². The maximum Gasteiger partial charge on any atom is 0.345 e. The van der Waals surface area contributed by atoms with Crippen LogP contribution in [0.2, 0.25) is 0 Å². The van der Waals surface area contributed by atoms with Crippen LogP contribution in [0.1, 0.15) is 107 Å². The Morgan fingerprint density at radius 3 is 1.71 bits per heavy atom. The molecule has 0 bridgehead atoms. The molecule has 5 nitrogen and oxygen atoms in total. The summed E-state index contributed by atoms with van der Waals surface area (Å²) in [6, 6.07) is 11.8. The fourth-order valence-electron chi connectivity index (χ4n) is 4.02. The smallest absolute Gasteiger partial charge is 0.345 e. The van der Waals surface area contributed by atoms with E-state index in [9.17, 15) is 4.79 Å². The van der Waals surface area contributed by atoms with E-state index in [1.165, 1.54) is 83.5 Å². The van der Waals surface area contributed by atoms with Crippen molar-refractivity contribution in [2.24, 2.45) is 0 Å². The van der Waals surface area contributed by atoms with Crippen LogP contribution in [0.3, 0.4) is 0 Å². The lowest BCUT2D eigenvalue weighted by atomic mass is 10.0. The van der Waals surface area contributed by atoms with Gasteiger partial charge < -0.3 is 20.9 Å². The molecule has 2 aromatic carbocycles. The van der Waals surface area contributed by atoms with Crippen molar-refractivity contribution in [3.8, 4) is 11.5 Å². The van der Waals surface area contributed by atoms with Gasteiger partial charge in [0.05, 0.1) is 12.2 Å². The molecule has 0 radical (unpaired) electrons. The van der Waals surface area contributed by atoms with Crippen LogP contribution < -0.4 is 20.9 Å². The molecule has 0 saturated heterocycles. The predicted molar refractivity (Wildman–Crippen MR) is 142 cm³/mol. The Balaban J connectivity index is 1.48. The number of hydrogen-bond donors (Lipinski definition) is 2. The van der Waals surface area contributed by atoms with Gasteiger partial charge in [0.25, 0.3) is 0 Å². The molecule has 4 N–H and O–H groups in total. The van der Waals surface area contributed by atoms with Crippen LogP contribution in [0.4, 0.5) is 11.4 Å². The van der Waals surface area contributed by atoms with Crippen LogP contribution in [0.15, 0.2) is 42.5 Å². The molecule has 188 valence electrons. The van der Waals surface area contributed by atoms with E-state index in [1.807, 2.05) is 12.1 Å². The topological polar surface area (TPSA) is 87.6 Å². The van der Waals surface area contributed by atoms with Gasteiger partial charge in [0, 0.05) is 11.4 Å². The highest BCUT2D eigenvalue weighted by Gasteiger charge is 2.12. The molecule has 2 aromatic rings. The second-order valence-electron chi connectivity index (χ2n) is 9.15. The Kier molecular flexibility index (Phi) is 13.7. The van der Waals surface area contributed by atoms with Gasteiger partial charge in [-0.2, -0.15) is 0 Å². The van der Waals surface area contributed by atoms with Crippen molar-refractivity contribution in [3.63, 3.8) is 0 Å². The molecule has 0 aromatic heterocycles. The fourth-order valence-corrected chi connectivity index (χ4v) is 4.02. The molecule has 0 aliphatic rings. The van der Waals surface area contributed by atoms with Crippen molar-refractivity contribution in [2.75, 3.05) is 18.1 Å². The normalized spacial score (nSPS) is 10.9. The second-order valence-corrected chi connectivity index (χ2v) is 9.15. The molecule has 0 atom stereocenters. The third kappa shape index (κ3) is 11.4. The van der Waals surface area contributed by atoms with Crippen molar-refractivity contribution in [1.29, 1.82) is 0 Å². The highest BCUT2D eigenvalue weighted by atomic mass is 16.5. The van der Waals surface area contributed by atoms with Gasteiger partial charge in [0.1, 0.15) is 11.5 Å². The first-order valence-electron chi connectivity index (χ1n) is 13.2.